The molecule has 0 bridgehead atoms. The summed E-state index contributed by atoms with van der Waals surface area (Å²) in [4.78, 5) is 12.0. The van der Waals surface area contributed by atoms with E-state index < -0.39 is 0 Å². The minimum Gasteiger partial charge on any atom is -0.490 e. The SMILES string of the molecule is CCOc1cc(/C=N\NC(=O)CNC2CCCCC2)cc(Br)c1OCc1ccccc1. The van der Waals surface area contributed by atoms with Crippen molar-refractivity contribution in [2.45, 2.75) is 51.7 Å². The van der Waals surface area contributed by atoms with E-state index in [1.54, 1.807) is 6.21 Å². The lowest BCUT2D eigenvalue weighted by Gasteiger charge is -2.22. The second-order valence-electron chi connectivity index (χ2n) is 7.55. The van der Waals surface area contributed by atoms with Crippen LogP contribution in [0.25, 0.3) is 0 Å². The molecule has 2 N–H and O–H groups in total. The van der Waals surface area contributed by atoms with Crippen molar-refractivity contribution in [3.63, 3.8) is 0 Å². The number of hydrazone groups is 1. The Labute approximate surface area is 192 Å². The zero-order chi connectivity index (χ0) is 21.9. The smallest absolute Gasteiger partial charge is 0.254 e. The number of nitrogens with zero attached hydrogens (tertiary/aromatic N) is 1. The van der Waals surface area contributed by atoms with Crippen LogP contribution >= 0.6 is 15.9 Å². The molecule has 3 rings (SSSR count). The molecule has 1 saturated carbocycles. The molecule has 0 heterocycles. The highest BCUT2D eigenvalue weighted by atomic mass is 79.9. The van der Waals surface area contributed by atoms with E-state index in [2.05, 4.69) is 31.8 Å². The van der Waals surface area contributed by atoms with Crippen molar-refractivity contribution < 1.29 is 14.3 Å². The number of halogens is 1. The summed E-state index contributed by atoms with van der Waals surface area (Å²) in [6.07, 6.45) is 7.66. The van der Waals surface area contributed by atoms with Crippen LogP contribution in [0.1, 0.15) is 50.2 Å². The zero-order valence-corrected chi connectivity index (χ0v) is 19.5. The van der Waals surface area contributed by atoms with Crippen molar-refractivity contribution in [1.82, 2.24) is 10.7 Å². The Hall–Kier alpha value is -2.38. The number of rotatable bonds is 10. The van der Waals surface area contributed by atoms with Crippen molar-refractivity contribution in [3.05, 3.63) is 58.1 Å². The third-order valence-corrected chi connectivity index (χ3v) is 5.71. The molecule has 0 unspecified atom stereocenters. The van der Waals surface area contributed by atoms with E-state index in [0.29, 0.717) is 30.8 Å². The highest BCUT2D eigenvalue weighted by Crippen LogP contribution is 2.37. The second kappa shape index (κ2) is 12.5. The van der Waals surface area contributed by atoms with Crippen LogP contribution in [-0.4, -0.2) is 31.3 Å². The van der Waals surface area contributed by atoms with Crippen LogP contribution in [-0.2, 0) is 11.4 Å². The highest BCUT2D eigenvalue weighted by Gasteiger charge is 2.14. The van der Waals surface area contributed by atoms with Gasteiger partial charge in [0.05, 0.1) is 23.8 Å². The van der Waals surface area contributed by atoms with Gasteiger partial charge >= 0.3 is 0 Å². The largest absolute Gasteiger partial charge is 0.490 e. The summed E-state index contributed by atoms with van der Waals surface area (Å²) < 4.78 is 12.5. The Morgan fingerprint density at radius 2 is 1.94 bits per heavy atom. The zero-order valence-electron chi connectivity index (χ0n) is 17.9. The standard InChI is InChI=1S/C24H30BrN3O3/c1-2-30-22-14-19(13-21(25)24(22)31-17-18-9-5-3-6-10-18)15-27-28-23(29)16-26-20-11-7-4-8-12-20/h3,5-6,9-10,13-15,20,26H,2,4,7-8,11-12,16-17H2,1H3,(H,28,29)/b27-15-. The molecule has 0 radical (unpaired) electrons. The van der Waals surface area contributed by atoms with Crippen molar-refractivity contribution in [1.29, 1.82) is 0 Å². The van der Waals surface area contributed by atoms with E-state index in [-0.39, 0.29) is 12.5 Å². The predicted octanol–water partition coefficient (Wildman–Crippen LogP) is 4.80. The Bertz CT molecular complexity index is 868. The van der Waals surface area contributed by atoms with Crippen LogP contribution in [0.3, 0.4) is 0 Å². The molecule has 1 fully saturated rings. The van der Waals surface area contributed by atoms with Gasteiger partial charge in [0, 0.05) is 6.04 Å². The van der Waals surface area contributed by atoms with Gasteiger partial charge in [-0.25, -0.2) is 5.43 Å². The van der Waals surface area contributed by atoms with Crippen LogP contribution in [0, 0.1) is 0 Å². The number of carbonyl (C=O) groups excluding carboxylic acids is 1. The van der Waals surface area contributed by atoms with Gasteiger partial charge in [-0.15, -0.1) is 0 Å². The van der Waals surface area contributed by atoms with Crippen LogP contribution in [0.2, 0.25) is 0 Å². The summed E-state index contributed by atoms with van der Waals surface area (Å²) >= 11 is 3.57. The van der Waals surface area contributed by atoms with E-state index in [9.17, 15) is 4.79 Å². The Balaban J connectivity index is 1.57. The summed E-state index contributed by atoms with van der Waals surface area (Å²) in [5.74, 6) is 1.12. The van der Waals surface area contributed by atoms with Gasteiger partial charge in [-0.2, -0.15) is 5.10 Å². The summed E-state index contributed by atoms with van der Waals surface area (Å²) in [6, 6.07) is 14.2. The van der Waals surface area contributed by atoms with Crippen molar-refractivity contribution in [3.8, 4) is 11.5 Å². The summed E-state index contributed by atoms with van der Waals surface area (Å²) in [5, 5.41) is 7.40. The lowest BCUT2D eigenvalue weighted by molar-refractivity contribution is -0.120. The molecular weight excluding hydrogens is 458 g/mol. The van der Waals surface area contributed by atoms with E-state index in [0.717, 1.165) is 28.4 Å². The third kappa shape index (κ3) is 7.67. The molecule has 31 heavy (non-hydrogen) atoms. The number of nitrogens with one attached hydrogen (secondary N) is 2. The second-order valence-corrected chi connectivity index (χ2v) is 8.40. The molecular formula is C24H30BrN3O3. The fraction of sp³-hybridized carbons (Fsp3) is 0.417. The first-order valence-electron chi connectivity index (χ1n) is 10.8. The molecule has 0 aliphatic heterocycles. The minimum absolute atomic E-state index is 0.145. The number of benzene rings is 2. The van der Waals surface area contributed by atoms with Crippen LogP contribution in [0.4, 0.5) is 0 Å². The van der Waals surface area contributed by atoms with E-state index in [4.69, 9.17) is 9.47 Å². The molecule has 7 heteroatoms. The maximum absolute atomic E-state index is 12.0. The lowest BCUT2D eigenvalue weighted by atomic mass is 9.95. The van der Waals surface area contributed by atoms with Crippen molar-refractivity contribution in [2.24, 2.45) is 5.10 Å². The monoisotopic (exact) mass is 487 g/mol. The fourth-order valence-corrected chi connectivity index (χ4v) is 4.13. The molecule has 2 aromatic rings. The summed E-state index contributed by atoms with van der Waals surface area (Å²) in [6.45, 7) is 3.16. The highest BCUT2D eigenvalue weighted by molar-refractivity contribution is 9.10. The number of ether oxygens (including phenoxy) is 2. The Morgan fingerprint density at radius 3 is 2.68 bits per heavy atom. The molecule has 1 aliphatic rings. The molecule has 2 aromatic carbocycles. The van der Waals surface area contributed by atoms with Gasteiger partial charge in [0.2, 0.25) is 0 Å². The van der Waals surface area contributed by atoms with E-state index >= 15 is 0 Å². The maximum atomic E-state index is 12.0. The van der Waals surface area contributed by atoms with Crippen LogP contribution in [0.5, 0.6) is 11.5 Å². The van der Waals surface area contributed by atoms with Gasteiger partial charge in [0.25, 0.3) is 5.91 Å². The third-order valence-electron chi connectivity index (χ3n) is 5.12. The van der Waals surface area contributed by atoms with Crippen molar-refractivity contribution >= 4 is 28.1 Å². The van der Waals surface area contributed by atoms with Crippen molar-refractivity contribution in [2.75, 3.05) is 13.2 Å². The first-order chi connectivity index (χ1) is 15.2. The average molecular weight is 488 g/mol. The van der Waals surface area contributed by atoms with Gasteiger partial charge in [0.1, 0.15) is 6.61 Å². The maximum Gasteiger partial charge on any atom is 0.254 e. The summed E-state index contributed by atoms with van der Waals surface area (Å²) in [7, 11) is 0. The Morgan fingerprint density at radius 1 is 1.16 bits per heavy atom. The first-order valence-corrected chi connectivity index (χ1v) is 11.6. The molecule has 0 atom stereocenters. The molecule has 6 nitrogen and oxygen atoms in total. The number of amides is 1. The van der Waals surface area contributed by atoms with E-state index in [1.165, 1.54) is 19.3 Å². The topological polar surface area (TPSA) is 72.0 Å². The fourth-order valence-electron chi connectivity index (χ4n) is 3.56. The first kappa shape index (κ1) is 23.3. The quantitative estimate of drug-likeness (QED) is 0.372. The molecule has 0 aromatic heterocycles. The molecule has 0 saturated heterocycles. The summed E-state index contributed by atoms with van der Waals surface area (Å²) in [5.41, 5.74) is 4.45. The lowest BCUT2D eigenvalue weighted by Crippen LogP contribution is -2.38. The minimum atomic E-state index is -0.145. The number of carbonyl (C=O) groups is 1. The van der Waals surface area contributed by atoms with Gasteiger partial charge in [0.15, 0.2) is 11.5 Å². The van der Waals surface area contributed by atoms with Gasteiger partial charge in [-0.3, -0.25) is 4.79 Å². The molecule has 166 valence electrons. The normalized spacial score (nSPS) is 14.5. The molecule has 1 amide bonds. The molecule has 0 spiro atoms. The van der Waals surface area contributed by atoms with E-state index in [1.807, 2.05) is 49.4 Å². The number of hydrogen-bond acceptors (Lipinski definition) is 5. The average Bonchev–Trinajstić information content (AvgIpc) is 2.79. The van der Waals surface area contributed by atoms with Gasteiger partial charge in [-0.1, -0.05) is 49.6 Å². The Kier molecular flexibility index (Phi) is 9.37. The predicted molar refractivity (Wildman–Crippen MR) is 127 cm³/mol. The van der Waals surface area contributed by atoms with Gasteiger partial charge < -0.3 is 14.8 Å². The van der Waals surface area contributed by atoms with Crippen LogP contribution < -0.4 is 20.2 Å². The van der Waals surface area contributed by atoms with Crippen LogP contribution in [0.15, 0.2) is 52.0 Å². The van der Waals surface area contributed by atoms with Gasteiger partial charge in [-0.05, 0) is 59.0 Å². The number of hydrogen-bond donors (Lipinski definition) is 2. The molecule has 1 aliphatic carbocycles.